The van der Waals surface area contributed by atoms with Crippen molar-refractivity contribution in [2.45, 2.75) is 0 Å². The third-order valence-corrected chi connectivity index (χ3v) is 1.50. The summed E-state index contributed by atoms with van der Waals surface area (Å²) in [7, 11) is 0. The Kier molecular flexibility index (Phi) is 2.32. The van der Waals surface area contributed by atoms with Crippen LogP contribution in [0.5, 0.6) is 0 Å². The third kappa shape index (κ3) is 1.50. The SMILES string of the molecule is NNc1cnc(Cl)cc1Cl. The van der Waals surface area contributed by atoms with Crippen LogP contribution in [0.25, 0.3) is 0 Å². The summed E-state index contributed by atoms with van der Waals surface area (Å²) >= 11 is 11.2. The van der Waals surface area contributed by atoms with Crippen LogP contribution < -0.4 is 11.3 Å². The fourth-order valence-corrected chi connectivity index (χ4v) is 0.934. The first-order valence-electron chi connectivity index (χ1n) is 2.51. The number of rotatable bonds is 1. The first kappa shape index (κ1) is 7.60. The molecule has 1 aromatic heterocycles. The molecule has 0 radical (unpaired) electrons. The van der Waals surface area contributed by atoms with E-state index in [2.05, 4.69) is 10.4 Å². The van der Waals surface area contributed by atoms with E-state index in [-0.39, 0.29) is 0 Å². The van der Waals surface area contributed by atoms with Crippen LogP contribution in [-0.2, 0) is 0 Å². The second-order valence-electron chi connectivity index (χ2n) is 1.63. The van der Waals surface area contributed by atoms with Gasteiger partial charge in [0, 0.05) is 0 Å². The Balaban J connectivity index is 3.07. The molecule has 0 aliphatic heterocycles. The molecule has 10 heavy (non-hydrogen) atoms. The van der Waals surface area contributed by atoms with Crippen LogP contribution in [0.1, 0.15) is 0 Å². The summed E-state index contributed by atoms with van der Waals surface area (Å²) in [6.45, 7) is 0. The Hall–Kier alpha value is -0.510. The summed E-state index contributed by atoms with van der Waals surface area (Å²) in [5, 5.41) is 0.812. The number of hydrogen-bond acceptors (Lipinski definition) is 3. The molecule has 54 valence electrons. The molecule has 0 aliphatic rings. The first-order chi connectivity index (χ1) is 4.74. The Labute approximate surface area is 68.1 Å². The van der Waals surface area contributed by atoms with Crippen LogP contribution in [0.2, 0.25) is 10.2 Å². The zero-order valence-corrected chi connectivity index (χ0v) is 6.45. The minimum absolute atomic E-state index is 0.351. The molecule has 0 bridgehead atoms. The quantitative estimate of drug-likeness (QED) is 0.390. The standard InChI is InChI=1S/C5H5Cl2N3/c6-3-1-5(7)9-2-4(3)10-8/h1-2,10H,8H2. The molecule has 3 nitrogen and oxygen atoms in total. The van der Waals surface area contributed by atoms with Crippen LogP contribution in [0.3, 0.4) is 0 Å². The second-order valence-corrected chi connectivity index (χ2v) is 2.43. The van der Waals surface area contributed by atoms with Crippen LogP contribution in [0, 0.1) is 0 Å². The highest BCUT2D eigenvalue weighted by Gasteiger charge is 1.98. The van der Waals surface area contributed by atoms with Crippen molar-refractivity contribution in [3.8, 4) is 0 Å². The van der Waals surface area contributed by atoms with Gasteiger partial charge in [-0.25, -0.2) is 4.98 Å². The largest absolute Gasteiger partial charge is 0.321 e. The molecule has 0 saturated heterocycles. The van der Waals surface area contributed by atoms with E-state index in [0.717, 1.165) is 0 Å². The highest BCUT2D eigenvalue weighted by Crippen LogP contribution is 2.21. The van der Waals surface area contributed by atoms with E-state index in [1.807, 2.05) is 0 Å². The van der Waals surface area contributed by atoms with Gasteiger partial charge in [0.1, 0.15) is 5.15 Å². The lowest BCUT2D eigenvalue weighted by atomic mass is 10.4. The molecule has 0 unspecified atom stereocenters. The fourth-order valence-electron chi connectivity index (χ4n) is 0.514. The number of nitrogens with two attached hydrogens (primary N) is 1. The van der Waals surface area contributed by atoms with Crippen molar-refractivity contribution in [2.75, 3.05) is 5.43 Å². The Bertz CT molecular complexity index is 238. The minimum Gasteiger partial charge on any atom is -0.321 e. The van der Waals surface area contributed by atoms with Gasteiger partial charge >= 0.3 is 0 Å². The maximum atomic E-state index is 5.66. The second kappa shape index (κ2) is 3.05. The number of anilines is 1. The molecule has 0 spiro atoms. The smallest absolute Gasteiger partial charge is 0.130 e. The normalized spacial score (nSPS) is 9.50. The van der Waals surface area contributed by atoms with Crippen LogP contribution in [0.4, 0.5) is 5.69 Å². The van der Waals surface area contributed by atoms with Gasteiger partial charge in [-0.2, -0.15) is 0 Å². The summed E-state index contributed by atoms with van der Waals surface area (Å²) in [4.78, 5) is 3.75. The third-order valence-electron chi connectivity index (χ3n) is 0.976. The van der Waals surface area contributed by atoms with Gasteiger partial charge in [0.25, 0.3) is 0 Å². The first-order valence-corrected chi connectivity index (χ1v) is 3.27. The van der Waals surface area contributed by atoms with Crippen molar-refractivity contribution in [3.63, 3.8) is 0 Å². The molecular weight excluding hydrogens is 173 g/mol. The summed E-state index contributed by atoms with van der Waals surface area (Å²) < 4.78 is 0. The highest BCUT2D eigenvalue weighted by atomic mass is 35.5. The molecular formula is C5H5Cl2N3. The molecule has 0 aliphatic carbocycles. The average Bonchev–Trinajstić information content (AvgIpc) is 1.88. The number of halogens is 2. The fraction of sp³-hybridized carbons (Fsp3) is 0. The molecule has 1 heterocycles. The van der Waals surface area contributed by atoms with E-state index in [1.54, 1.807) is 0 Å². The van der Waals surface area contributed by atoms with Crippen molar-refractivity contribution in [3.05, 3.63) is 22.4 Å². The van der Waals surface area contributed by atoms with Gasteiger partial charge in [0.2, 0.25) is 0 Å². The van der Waals surface area contributed by atoms with Gasteiger partial charge in [-0.1, -0.05) is 23.2 Å². The van der Waals surface area contributed by atoms with Gasteiger partial charge in [-0.15, -0.1) is 0 Å². The minimum atomic E-state index is 0.351. The molecule has 0 amide bonds. The Morgan fingerprint density at radius 1 is 1.50 bits per heavy atom. The number of pyridine rings is 1. The topological polar surface area (TPSA) is 50.9 Å². The summed E-state index contributed by atoms with van der Waals surface area (Å²) in [5.74, 6) is 5.08. The van der Waals surface area contributed by atoms with E-state index >= 15 is 0 Å². The molecule has 3 N–H and O–H groups in total. The number of nitrogens with one attached hydrogen (secondary N) is 1. The Morgan fingerprint density at radius 2 is 2.20 bits per heavy atom. The van der Waals surface area contributed by atoms with E-state index < -0.39 is 0 Å². The van der Waals surface area contributed by atoms with Gasteiger partial charge in [0.05, 0.1) is 16.9 Å². The van der Waals surface area contributed by atoms with Crippen molar-refractivity contribution in [2.24, 2.45) is 5.84 Å². The molecule has 0 aromatic carbocycles. The lowest BCUT2D eigenvalue weighted by Gasteiger charge is -2.00. The molecule has 1 rings (SSSR count). The predicted molar refractivity (Wildman–Crippen MR) is 42.1 cm³/mol. The highest BCUT2D eigenvalue weighted by molar-refractivity contribution is 6.35. The summed E-state index contributed by atoms with van der Waals surface area (Å²) in [6.07, 6.45) is 1.46. The van der Waals surface area contributed by atoms with Crippen LogP contribution in [-0.4, -0.2) is 4.98 Å². The van der Waals surface area contributed by atoms with Crippen LogP contribution in [0.15, 0.2) is 12.3 Å². The number of nitrogen functional groups attached to an aromatic ring is 1. The monoisotopic (exact) mass is 177 g/mol. The zero-order valence-electron chi connectivity index (χ0n) is 4.94. The number of hydrazine groups is 1. The maximum Gasteiger partial charge on any atom is 0.130 e. The lowest BCUT2D eigenvalue weighted by Crippen LogP contribution is -2.07. The summed E-state index contributed by atoms with van der Waals surface area (Å²) in [5.41, 5.74) is 2.93. The molecule has 0 saturated carbocycles. The number of hydrogen-bond donors (Lipinski definition) is 2. The van der Waals surface area contributed by atoms with E-state index in [0.29, 0.717) is 15.9 Å². The van der Waals surface area contributed by atoms with Crippen molar-refractivity contribution < 1.29 is 0 Å². The predicted octanol–water partition coefficient (Wildman–Crippen LogP) is 1.67. The van der Waals surface area contributed by atoms with E-state index in [4.69, 9.17) is 29.0 Å². The molecule has 0 atom stereocenters. The van der Waals surface area contributed by atoms with Gasteiger partial charge in [-0.3, -0.25) is 5.84 Å². The summed E-state index contributed by atoms with van der Waals surface area (Å²) in [6, 6.07) is 1.51. The van der Waals surface area contributed by atoms with Gasteiger partial charge in [0.15, 0.2) is 0 Å². The molecule has 0 fully saturated rings. The van der Waals surface area contributed by atoms with Crippen LogP contribution >= 0.6 is 23.2 Å². The van der Waals surface area contributed by atoms with Crippen molar-refractivity contribution >= 4 is 28.9 Å². The van der Waals surface area contributed by atoms with E-state index in [9.17, 15) is 0 Å². The Morgan fingerprint density at radius 3 is 2.70 bits per heavy atom. The number of nitrogens with zero attached hydrogens (tertiary/aromatic N) is 1. The van der Waals surface area contributed by atoms with Crippen molar-refractivity contribution in [1.29, 1.82) is 0 Å². The molecule has 1 aromatic rings. The van der Waals surface area contributed by atoms with Crippen molar-refractivity contribution in [1.82, 2.24) is 4.98 Å². The number of aromatic nitrogens is 1. The average molecular weight is 178 g/mol. The lowest BCUT2D eigenvalue weighted by molar-refractivity contribution is 1.27. The zero-order chi connectivity index (χ0) is 7.56. The van der Waals surface area contributed by atoms with E-state index in [1.165, 1.54) is 12.3 Å². The molecule has 5 heteroatoms. The maximum absolute atomic E-state index is 5.66. The van der Waals surface area contributed by atoms with Gasteiger partial charge < -0.3 is 5.43 Å². The van der Waals surface area contributed by atoms with Gasteiger partial charge in [-0.05, 0) is 6.07 Å².